The van der Waals surface area contributed by atoms with E-state index in [1.165, 1.54) is 68.8 Å². The van der Waals surface area contributed by atoms with Gasteiger partial charge < -0.3 is 20.3 Å². The molecule has 10 atom stereocenters. The molecule has 5 saturated carbocycles. The number of allylic oxidation sites excluding steroid dienone is 4. The van der Waals surface area contributed by atoms with Gasteiger partial charge in [0.1, 0.15) is 33.5 Å². The number of nitriles is 1. The minimum Gasteiger partial charge on any atom is -0.481 e. The Kier molecular flexibility index (Phi) is 11.8. The molecule has 0 aliphatic heterocycles. The second-order valence-electron chi connectivity index (χ2n) is 23.5. The number of aromatic nitrogens is 1. The lowest BCUT2D eigenvalue weighted by Gasteiger charge is -2.72. The number of sulfone groups is 1. The third-order valence-corrected chi connectivity index (χ3v) is 21.9. The number of carboxylic acids is 1. The predicted octanol–water partition coefficient (Wildman–Crippen LogP) is 10.2. The average molecular weight is 872 g/mol. The molecule has 8 rings (SSSR count). The summed E-state index contributed by atoms with van der Waals surface area (Å²) in [6.07, 6.45) is 23.2. The molecule has 0 bridgehead atoms. The van der Waals surface area contributed by atoms with Crippen LogP contribution in [0.3, 0.4) is 0 Å². The van der Waals surface area contributed by atoms with Crippen LogP contribution in [0.1, 0.15) is 163 Å². The molecule has 0 unspecified atom stereocenters. The molecule has 7 aliphatic carbocycles. The molecule has 0 amide bonds. The van der Waals surface area contributed by atoms with Crippen molar-refractivity contribution in [3.8, 4) is 11.9 Å². The maximum Gasteiger partial charge on any atom is 0.313 e. The van der Waals surface area contributed by atoms with Crippen molar-refractivity contribution in [3.05, 3.63) is 47.2 Å². The Labute approximate surface area is 373 Å². The van der Waals surface area contributed by atoms with Gasteiger partial charge in [0.25, 0.3) is 0 Å². The number of aliphatic carboxylic acids is 1. The van der Waals surface area contributed by atoms with Crippen LogP contribution in [0.5, 0.6) is 5.88 Å². The molecule has 0 aromatic carbocycles. The van der Waals surface area contributed by atoms with E-state index >= 15 is 0 Å². The number of ether oxygens (including phenoxy) is 1. The third-order valence-electron chi connectivity index (χ3n) is 20.2. The molecule has 7 aliphatic rings. The highest BCUT2D eigenvalue weighted by atomic mass is 32.2. The number of pyridine rings is 1. The second kappa shape index (κ2) is 16.0. The topological polar surface area (TPSA) is 150 Å². The summed E-state index contributed by atoms with van der Waals surface area (Å²) < 4.78 is 30.4. The van der Waals surface area contributed by atoms with Gasteiger partial charge in [0, 0.05) is 18.0 Å². The van der Waals surface area contributed by atoms with Crippen molar-refractivity contribution in [3.63, 3.8) is 0 Å². The average Bonchev–Trinajstić information content (AvgIpc) is 3.60. The molecule has 1 aromatic heterocycles. The fourth-order valence-corrected chi connectivity index (χ4v) is 17.6. The zero-order valence-corrected chi connectivity index (χ0v) is 40.0. The predicted molar refractivity (Wildman–Crippen MR) is 244 cm³/mol. The molecule has 62 heavy (non-hydrogen) atoms. The Hall–Kier alpha value is -2.74. The molecule has 1 heterocycles. The number of fused-ring (bicyclic) bond motifs is 7. The first-order valence-corrected chi connectivity index (χ1v) is 26.3. The highest BCUT2D eigenvalue weighted by Gasteiger charge is 2.70. The molecule has 0 saturated heterocycles. The van der Waals surface area contributed by atoms with Gasteiger partial charge in [-0.2, -0.15) is 5.26 Å². The fourth-order valence-electron chi connectivity index (χ4n) is 16.5. The van der Waals surface area contributed by atoms with Crippen LogP contribution in [0.4, 0.5) is 0 Å². The van der Waals surface area contributed by atoms with Gasteiger partial charge in [-0.1, -0.05) is 60.6 Å². The Morgan fingerprint density at radius 3 is 2.32 bits per heavy atom. The van der Waals surface area contributed by atoms with Crippen LogP contribution >= 0.6 is 0 Å². The van der Waals surface area contributed by atoms with E-state index < -0.39 is 26.8 Å². The molecule has 5 fully saturated rings. The fraction of sp³-hybridized carbons (Fsp3) is 0.788. The highest BCUT2D eigenvalue weighted by Crippen LogP contribution is 2.76. The molecule has 0 radical (unpaired) electrons. The third kappa shape index (κ3) is 7.33. The van der Waals surface area contributed by atoms with Gasteiger partial charge in [0.05, 0.1) is 10.9 Å². The molecule has 342 valence electrons. The summed E-state index contributed by atoms with van der Waals surface area (Å²) in [6, 6.07) is 5.43. The maximum atomic E-state index is 12.8. The van der Waals surface area contributed by atoms with Crippen molar-refractivity contribution in [1.29, 1.82) is 5.26 Å². The van der Waals surface area contributed by atoms with Crippen LogP contribution in [0.25, 0.3) is 0 Å². The number of hydrogen-bond donors (Lipinski definition) is 3. The SMILES string of the molecule is CC(C)[C@@H]1CC[C@]2(NCC[C@]3(O)CC[C@@H](S(C)(=O)=O)CC3)CC[C@]3(C)[C@H](CC[C@@H]4[C@@]5(C)CC=C(C6=CC[C@](COc7ncccc7C#N)(C(=O)O)CC6)C(C)(C)[C@@H]5CC[C@]43C)[C@@H]12. The summed E-state index contributed by atoms with van der Waals surface area (Å²) in [5.41, 5.74) is 1.91. The van der Waals surface area contributed by atoms with Crippen molar-refractivity contribution >= 4 is 15.8 Å². The van der Waals surface area contributed by atoms with Gasteiger partial charge >= 0.3 is 5.97 Å². The van der Waals surface area contributed by atoms with Crippen LogP contribution in [0.2, 0.25) is 0 Å². The number of carbonyl (C=O) groups is 1. The second-order valence-corrected chi connectivity index (χ2v) is 25.9. The number of hydrogen-bond acceptors (Lipinski definition) is 8. The normalized spacial score (nSPS) is 42.6. The van der Waals surface area contributed by atoms with Gasteiger partial charge in [-0.05, 0) is 196 Å². The highest BCUT2D eigenvalue weighted by molar-refractivity contribution is 7.91. The summed E-state index contributed by atoms with van der Waals surface area (Å²) >= 11 is 0. The Balaban J connectivity index is 0.996. The van der Waals surface area contributed by atoms with Crippen molar-refractivity contribution < 1.29 is 28.2 Å². The number of nitrogens with one attached hydrogen (secondary N) is 1. The molecule has 10 heteroatoms. The Morgan fingerprint density at radius 2 is 1.68 bits per heavy atom. The first-order valence-electron chi connectivity index (χ1n) is 24.4. The van der Waals surface area contributed by atoms with Crippen molar-refractivity contribution in [1.82, 2.24) is 10.3 Å². The lowest BCUT2D eigenvalue weighted by atomic mass is 9.32. The summed E-state index contributed by atoms with van der Waals surface area (Å²) in [4.78, 5) is 17.0. The monoisotopic (exact) mass is 872 g/mol. The number of rotatable bonds is 11. The van der Waals surface area contributed by atoms with Gasteiger partial charge in [-0.25, -0.2) is 13.4 Å². The molecule has 9 nitrogen and oxygen atoms in total. The van der Waals surface area contributed by atoms with E-state index in [1.54, 1.807) is 18.3 Å². The first kappa shape index (κ1) is 45.8. The summed E-state index contributed by atoms with van der Waals surface area (Å²) in [6.45, 7) is 18.7. The van der Waals surface area contributed by atoms with Gasteiger partial charge in [-0.3, -0.25) is 4.79 Å². The molecular formula is C52H77N3O6S. The lowest BCUT2D eigenvalue weighted by Crippen LogP contribution is -2.68. The molecule has 3 N–H and O–H groups in total. The van der Waals surface area contributed by atoms with Crippen molar-refractivity contribution in [2.24, 2.45) is 62.6 Å². The number of carboxylic acid groups (broad SMARTS) is 1. The van der Waals surface area contributed by atoms with Gasteiger partial charge in [0.15, 0.2) is 0 Å². The lowest BCUT2D eigenvalue weighted by molar-refractivity contribution is -0.223. The molecular weight excluding hydrogens is 795 g/mol. The van der Waals surface area contributed by atoms with Crippen LogP contribution in [-0.2, 0) is 14.6 Å². The molecule has 0 spiro atoms. The van der Waals surface area contributed by atoms with E-state index in [1.807, 2.05) is 0 Å². The van der Waals surface area contributed by atoms with Gasteiger partial charge in [0.2, 0.25) is 5.88 Å². The zero-order chi connectivity index (χ0) is 44.7. The van der Waals surface area contributed by atoms with E-state index in [0.29, 0.717) is 92.4 Å². The van der Waals surface area contributed by atoms with E-state index in [9.17, 15) is 28.7 Å². The zero-order valence-electron chi connectivity index (χ0n) is 39.2. The van der Waals surface area contributed by atoms with E-state index in [2.05, 4.69) is 77.0 Å². The minimum atomic E-state index is -3.07. The first-order chi connectivity index (χ1) is 29.1. The summed E-state index contributed by atoms with van der Waals surface area (Å²) in [5.74, 6) is 3.09. The van der Waals surface area contributed by atoms with Gasteiger partial charge in [-0.15, -0.1) is 0 Å². The summed E-state index contributed by atoms with van der Waals surface area (Å²) in [7, 11) is -3.07. The standard InChI is InChI=1S/C52H77N3O6S/c1-34(2)38-17-26-52(55-31-29-51(58)24-15-37(16-25-51)62(8,59)60)28-27-48(6)40(43(38)52)11-12-42-47(5)20-18-39(46(3,4)41(47)19-21-49(42,48)7)35-13-22-50(23-14-35,45(56)57)33-61-44-36(32-53)10-9-30-54-44/h9-10,13,18,30,34,37-38,40-43,55,58H,11-12,14-17,19-29,31,33H2,1-8H3,(H,56,57)/t37-,38-,40+,41-,42+,43+,47-,48+,49+,50-,51+,52-/m0/s1. The van der Waals surface area contributed by atoms with E-state index in [0.717, 1.165) is 13.0 Å². The van der Waals surface area contributed by atoms with Crippen molar-refractivity contribution in [2.45, 2.75) is 174 Å². The minimum absolute atomic E-state index is 0.0182. The van der Waals surface area contributed by atoms with Crippen LogP contribution in [0, 0.1) is 73.9 Å². The van der Waals surface area contributed by atoms with Crippen LogP contribution in [-0.4, -0.2) is 65.4 Å². The molecule has 1 aromatic rings. The van der Waals surface area contributed by atoms with E-state index in [-0.39, 0.29) is 44.9 Å². The Morgan fingerprint density at radius 1 is 0.935 bits per heavy atom. The Bertz CT molecular complexity index is 2120. The van der Waals surface area contributed by atoms with Crippen molar-refractivity contribution in [2.75, 3.05) is 19.4 Å². The quantitative estimate of drug-likeness (QED) is 0.198. The van der Waals surface area contributed by atoms with E-state index in [4.69, 9.17) is 4.74 Å². The number of aliphatic hydroxyl groups is 1. The number of nitrogens with zero attached hydrogens (tertiary/aromatic N) is 2. The smallest absolute Gasteiger partial charge is 0.313 e. The largest absolute Gasteiger partial charge is 0.481 e. The maximum absolute atomic E-state index is 12.8. The van der Waals surface area contributed by atoms with Crippen LogP contribution < -0.4 is 10.1 Å². The van der Waals surface area contributed by atoms with Crippen LogP contribution in [0.15, 0.2) is 41.6 Å². The summed E-state index contributed by atoms with van der Waals surface area (Å²) in [5, 5.41) is 35.6.